The Labute approximate surface area is 126 Å². The fraction of sp³-hybridized carbons (Fsp3) is 0.471. The molecule has 1 aromatic heterocycles. The number of hydrogen-bond donors (Lipinski definition) is 1. The molecule has 0 amide bonds. The third kappa shape index (κ3) is 3.04. The number of hydrogen-bond acceptors (Lipinski definition) is 3. The van der Waals surface area contributed by atoms with E-state index in [9.17, 15) is 0 Å². The minimum absolute atomic E-state index is 0.401. The quantitative estimate of drug-likeness (QED) is 0.917. The molecular formula is C17H24N4. The number of imidazole rings is 1. The van der Waals surface area contributed by atoms with Gasteiger partial charge in [0.15, 0.2) is 0 Å². The van der Waals surface area contributed by atoms with Crippen molar-refractivity contribution in [2.75, 3.05) is 23.3 Å². The summed E-state index contributed by atoms with van der Waals surface area (Å²) >= 11 is 0. The van der Waals surface area contributed by atoms with E-state index in [1.807, 2.05) is 6.92 Å². The first kappa shape index (κ1) is 14.0. The molecule has 1 fully saturated rings. The molecule has 2 aromatic rings. The van der Waals surface area contributed by atoms with E-state index in [0.29, 0.717) is 6.04 Å². The number of benzene rings is 1. The summed E-state index contributed by atoms with van der Waals surface area (Å²) in [5, 5.41) is 3.43. The van der Waals surface area contributed by atoms with Gasteiger partial charge in [-0.2, -0.15) is 0 Å². The van der Waals surface area contributed by atoms with Gasteiger partial charge in [-0.05, 0) is 57.9 Å². The van der Waals surface area contributed by atoms with Crippen LogP contribution < -0.4 is 10.2 Å². The molecule has 2 heterocycles. The summed E-state index contributed by atoms with van der Waals surface area (Å²) in [5.74, 6) is 0.913. The summed E-state index contributed by atoms with van der Waals surface area (Å²) in [6.45, 7) is 8.74. The number of rotatable bonds is 4. The molecule has 0 saturated carbocycles. The van der Waals surface area contributed by atoms with Gasteiger partial charge in [0.25, 0.3) is 0 Å². The van der Waals surface area contributed by atoms with Crippen LogP contribution in [-0.4, -0.2) is 22.6 Å². The van der Waals surface area contributed by atoms with Crippen molar-refractivity contribution in [3.05, 3.63) is 36.2 Å². The maximum absolute atomic E-state index is 4.57. The molecule has 0 atom stereocenters. The lowest BCUT2D eigenvalue weighted by atomic mass is 10.2. The zero-order chi connectivity index (χ0) is 14.8. The largest absolute Gasteiger partial charge is 0.372 e. The predicted molar refractivity (Wildman–Crippen MR) is 88.5 cm³/mol. The molecule has 1 aliphatic rings. The number of aromatic nitrogens is 2. The molecule has 4 nitrogen and oxygen atoms in total. The smallest absolute Gasteiger partial charge is 0.207 e. The Kier molecular flexibility index (Phi) is 3.86. The third-order valence-corrected chi connectivity index (χ3v) is 4.00. The second-order valence-electron chi connectivity index (χ2n) is 6.07. The van der Waals surface area contributed by atoms with Gasteiger partial charge in [0.1, 0.15) is 0 Å². The average Bonchev–Trinajstić information content (AvgIpc) is 3.09. The second-order valence-corrected chi connectivity index (χ2v) is 6.07. The Morgan fingerprint density at radius 1 is 1.10 bits per heavy atom. The molecular weight excluding hydrogens is 260 g/mol. The van der Waals surface area contributed by atoms with Gasteiger partial charge in [-0.25, -0.2) is 4.98 Å². The highest BCUT2D eigenvalue weighted by molar-refractivity contribution is 5.60. The van der Waals surface area contributed by atoms with Gasteiger partial charge in [0.05, 0.1) is 5.69 Å². The molecule has 1 saturated heterocycles. The van der Waals surface area contributed by atoms with E-state index in [4.69, 9.17) is 0 Å². The van der Waals surface area contributed by atoms with Crippen LogP contribution in [0.4, 0.5) is 17.3 Å². The van der Waals surface area contributed by atoms with E-state index in [-0.39, 0.29) is 0 Å². The topological polar surface area (TPSA) is 33.1 Å². The zero-order valence-electron chi connectivity index (χ0n) is 13.1. The van der Waals surface area contributed by atoms with Crippen molar-refractivity contribution in [1.82, 2.24) is 9.55 Å². The molecule has 4 heteroatoms. The van der Waals surface area contributed by atoms with Crippen molar-refractivity contribution in [3.8, 4) is 0 Å². The molecule has 3 rings (SSSR count). The van der Waals surface area contributed by atoms with Crippen molar-refractivity contribution in [3.63, 3.8) is 0 Å². The van der Waals surface area contributed by atoms with Gasteiger partial charge in [-0.3, -0.25) is 0 Å². The van der Waals surface area contributed by atoms with Gasteiger partial charge < -0.3 is 14.8 Å². The second kappa shape index (κ2) is 5.80. The molecule has 0 aliphatic carbocycles. The van der Waals surface area contributed by atoms with Crippen LogP contribution in [0.3, 0.4) is 0 Å². The molecule has 21 heavy (non-hydrogen) atoms. The fourth-order valence-electron chi connectivity index (χ4n) is 2.86. The van der Waals surface area contributed by atoms with E-state index in [2.05, 4.69) is 64.1 Å². The number of aryl methyl sites for hydroxylation is 1. The lowest BCUT2D eigenvalue weighted by Gasteiger charge is -2.18. The summed E-state index contributed by atoms with van der Waals surface area (Å²) in [6, 6.07) is 9.08. The van der Waals surface area contributed by atoms with Crippen LogP contribution in [0, 0.1) is 6.92 Å². The van der Waals surface area contributed by atoms with Crippen molar-refractivity contribution in [1.29, 1.82) is 0 Å². The van der Waals surface area contributed by atoms with Gasteiger partial charge in [-0.15, -0.1) is 0 Å². The van der Waals surface area contributed by atoms with Crippen molar-refractivity contribution in [2.45, 2.75) is 39.7 Å². The molecule has 0 bridgehead atoms. The first-order valence-corrected chi connectivity index (χ1v) is 7.81. The number of anilines is 3. The maximum Gasteiger partial charge on any atom is 0.207 e. The van der Waals surface area contributed by atoms with Crippen LogP contribution in [0.1, 0.15) is 38.4 Å². The molecule has 0 unspecified atom stereocenters. The first-order chi connectivity index (χ1) is 10.1. The van der Waals surface area contributed by atoms with Gasteiger partial charge in [0, 0.05) is 36.7 Å². The molecule has 1 N–H and O–H groups in total. The first-order valence-electron chi connectivity index (χ1n) is 7.81. The lowest BCUT2D eigenvalue weighted by Crippen LogP contribution is -2.17. The number of nitrogens with zero attached hydrogens (tertiary/aromatic N) is 3. The Morgan fingerprint density at radius 2 is 1.76 bits per heavy atom. The monoisotopic (exact) mass is 284 g/mol. The Bertz CT molecular complexity index is 592. The SMILES string of the molecule is Cc1cn(C(C)C)c(Nc2ccc(N3CCCC3)cc2)n1. The molecule has 0 spiro atoms. The zero-order valence-corrected chi connectivity index (χ0v) is 13.1. The lowest BCUT2D eigenvalue weighted by molar-refractivity contribution is 0.607. The van der Waals surface area contributed by atoms with Crippen LogP contribution in [0.5, 0.6) is 0 Å². The summed E-state index contributed by atoms with van der Waals surface area (Å²) in [4.78, 5) is 7.02. The third-order valence-electron chi connectivity index (χ3n) is 4.00. The van der Waals surface area contributed by atoms with Crippen molar-refractivity contribution >= 4 is 17.3 Å². The Morgan fingerprint density at radius 3 is 2.38 bits per heavy atom. The maximum atomic E-state index is 4.57. The van der Waals surface area contributed by atoms with Crippen molar-refractivity contribution < 1.29 is 0 Å². The number of nitrogens with one attached hydrogen (secondary N) is 1. The van der Waals surface area contributed by atoms with Gasteiger partial charge in [-0.1, -0.05) is 0 Å². The van der Waals surface area contributed by atoms with Crippen LogP contribution >= 0.6 is 0 Å². The van der Waals surface area contributed by atoms with Crippen LogP contribution in [0.2, 0.25) is 0 Å². The average molecular weight is 284 g/mol. The summed E-state index contributed by atoms with van der Waals surface area (Å²) in [7, 11) is 0. The van der Waals surface area contributed by atoms with E-state index in [0.717, 1.165) is 17.3 Å². The minimum atomic E-state index is 0.401. The Hall–Kier alpha value is -1.97. The highest BCUT2D eigenvalue weighted by atomic mass is 15.2. The highest BCUT2D eigenvalue weighted by Gasteiger charge is 2.12. The van der Waals surface area contributed by atoms with Crippen molar-refractivity contribution in [2.24, 2.45) is 0 Å². The van der Waals surface area contributed by atoms with Crippen LogP contribution in [0.15, 0.2) is 30.5 Å². The fourth-order valence-corrected chi connectivity index (χ4v) is 2.86. The summed E-state index contributed by atoms with van der Waals surface area (Å²) in [6.07, 6.45) is 4.71. The van der Waals surface area contributed by atoms with Crippen LogP contribution in [0.25, 0.3) is 0 Å². The summed E-state index contributed by atoms with van der Waals surface area (Å²) < 4.78 is 2.17. The standard InChI is InChI=1S/C17H24N4/c1-13(2)21-12-14(3)18-17(21)19-15-6-8-16(9-7-15)20-10-4-5-11-20/h6-9,12-13H,4-5,10-11H2,1-3H3,(H,18,19). The molecule has 1 aromatic carbocycles. The van der Waals surface area contributed by atoms with E-state index >= 15 is 0 Å². The van der Waals surface area contributed by atoms with E-state index < -0.39 is 0 Å². The minimum Gasteiger partial charge on any atom is -0.372 e. The molecule has 1 aliphatic heterocycles. The highest BCUT2D eigenvalue weighted by Crippen LogP contribution is 2.24. The van der Waals surface area contributed by atoms with E-state index in [1.165, 1.54) is 31.6 Å². The Balaban J connectivity index is 1.76. The van der Waals surface area contributed by atoms with Crippen LogP contribution in [-0.2, 0) is 0 Å². The molecule has 0 radical (unpaired) electrons. The van der Waals surface area contributed by atoms with E-state index in [1.54, 1.807) is 0 Å². The normalized spacial score (nSPS) is 15.0. The van der Waals surface area contributed by atoms with Gasteiger partial charge >= 0.3 is 0 Å². The molecule has 112 valence electrons. The summed E-state index contributed by atoms with van der Waals surface area (Å²) in [5.41, 5.74) is 3.45. The predicted octanol–water partition coefficient (Wildman–Crippen LogP) is 4.12. The van der Waals surface area contributed by atoms with Gasteiger partial charge in [0.2, 0.25) is 5.95 Å².